The van der Waals surface area contributed by atoms with Gasteiger partial charge in [-0.25, -0.2) is 0 Å². The third kappa shape index (κ3) is 4.12. The number of H-pyrrole nitrogens is 1. The predicted molar refractivity (Wildman–Crippen MR) is 98.3 cm³/mol. The van der Waals surface area contributed by atoms with Crippen LogP contribution in [0.5, 0.6) is 0 Å². The van der Waals surface area contributed by atoms with E-state index in [1.165, 1.54) is 0 Å². The minimum Gasteiger partial charge on any atom is -0.352 e. The van der Waals surface area contributed by atoms with Gasteiger partial charge in [0.25, 0.3) is 10.1 Å². The number of para-hydroxylation sites is 1. The molecule has 0 aliphatic heterocycles. The van der Waals surface area contributed by atoms with Crippen molar-refractivity contribution in [1.82, 2.24) is 4.98 Å². The number of benzene rings is 1. The fraction of sp³-hybridized carbons (Fsp3) is 0.526. The molecule has 6 heteroatoms. The van der Waals surface area contributed by atoms with Gasteiger partial charge in [0.2, 0.25) is 0 Å². The second kappa shape index (κ2) is 7.70. The summed E-state index contributed by atoms with van der Waals surface area (Å²) >= 11 is 0. The standard InChI is InChI=1S/C19H25NO4S/c1-2-3-6-13-25(22,23)24-12-11-14-9-10-16-15-7-4-5-8-17(15)20-18(16)19(14)21/h4-5,7-8,14,20H,2-3,6,9-13H2,1H3. The summed E-state index contributed by atoms with van der Waals surface area (Å²) in [6.07, 6.45) is 4.50. The largest absolute Gasteiger partial charge is 0.352 e. The van der Waals surface area contributed by atoms with Gasteiger partial charge < -0.3 is 4.98 Å². The number of hydrogen-bond acceptors (Lipinski definition) is 4. The molecule has 1 atom stereocenters. The van der Waals surface area contributed by atoms with Crippen molar-refractivity contribution in [2.75, 3.05) is 12.4 Å². The summed E-state index contributed by atoms with van der Waals surface area (Å²) in [7, 11) is -3.47. The van der Waals surface area contributed by atoms with Crippen LogP contribution in [0.2, 0.25) is 0 Å². The third-order valence-electron chi connectivity index (χ3n) is 4.90. The van der Waals surface area contributed by atoms with Gasteiger partial charge in [-0.2, -0.15) is 8.42 Å². The minimum atomic E-state index is -3.47. The van der Waals surface area contributed by atoms with Crippen LogP contribution >= 0.6 is 0 Å². The maximum atomic E-state index is 12.7. The predicted octanol–water partition coefficient (Wildman–Crippen LogP) is 3.84. The zero-order valence-corrected chi connectivity index (χ0v) is 15.4. The SMILES string of the molecule is CCCCCS(=O)(=O)OCCC1CCc2c([nH]c3ccccc23)C1=O. The van der Waals surface area contributed by atoms with Gasteiger partial charge in [-0.3, -0.25) is 8.98 Å². The van der Waals surface area contributed by atoms with Crippen LogP contribution in [0.15, 0.2) is 24.3 Å². The summed E-state index contributed by atoms with van der Waals surface area (Å²) in [5.74, 6) is -0.0399. The Labute approximate surface area is 148 Å². The van der Waals surface area contributed by atoms with Gasteiger partial charge in [-0.1, -0.05) is 38.0 Å². The van der Waals surface area contributed by atoms with E-state index < -0.39 is 10.1 Å². The van der Waals surface area contributed by atoms with Crippen molar-refractivity contribution in [1.29, 1.82) is 0 Å². The second-order valence-electron chi connectivity index (χ2n) is 6.70. The first-order valence-electron chi connectivity index (χ1n) is 9.02. The molecule has 0 radical (unpaired) electrons. The van der Waals surface area contributed by atoms with Crippen molar-refractivity contribution in [2.24, 2.45) is 5.92 Å². The number of aromatic amines is 1. The van der Waals surface area contributed by atoms with E-state index in [-0.39, 0.29) is 24.1 Å². The third-order valence-corrected chi connectivity index (χ3v) is 6.22. The Kier molecular flexibility index (Phi) is 5.59. The van der Waals surface area contributed by atoms with Crippen molar-refractivity contribution in [3.8, 4) is 0 Å². The van der Waals surface area contributed by atoms with Crippen LogP contribution in [0.3, 0.4) is 0 Å². The van der Waals surface area contributed by atoms with Crippen molar-refractivity contribution >= 4 is 26.8 Å². The maximum Gasteiger partial charge on any atom is 0.267 e. The molecule has 136 valence electrons. The van der Waals surface area contributed by atoms with Gasteiger partial charge in [0.05, 0.1) is 18.1 Å². The number of aryl methyl sites for hydroxylation is 1. The van der Waals surface area contributed by atoms with Crippen LogP contribution in [-0.4, -0.2) is 31.5 Å². The minimum absolute atomic E-state index is 0.0611. The Hall–Kier alpha value is -1.66. The van der Waals surface area contributed by atoms with Crippen LogP contribution in [0.4, 0.5) is 0 Å². The monoisotopic (exact) mass is 363 g/mol. The number of Topliss-reactive ketones (excluding diaryl/α,β-unsaturated/α-hetero) is 1. The lowest BCUT2D eigenvalue weighted by atomic mass is 9.84. The summed E-state index contributed by atoms with van der Waals surface area (Å²) < 4.78 is 28.7. The molecule has 0 spiro atoms. The number of hydrogen-bond donors (Lipinski definition) is 1. The van der Waals surface area contributed by atoms with E-state index in [2.05, 4.69) is 4.98 Å². The highest BCUT2D eigenvalue weighted by atomic mass is 32.2. The summed E-state index contributed by atoms with van der Waals surface area (Å²) in [5, 5.41) is 1.11. The number of nitrogens with one attached hydrogen (secondary N) is 1. The topological polar surface area (TPSA) is 76.2 Å². The molecule has 1 aromatic carbocycles. The van der Waals surface area contributed by atoms with E-state index in [0.29, 0.717) is 18.5 Å². The average Bonchev–Trinajstić information content (AvgIpc) is 2.96. The number of carbonyl (C=O) groups excluding carboxylic acids is 1. The van der Waals surface area contributed by atoms with E-state index in [1.54, 1.807) is 0 Å². The second-order valence-corrected chi connectivity index (χ2v) is 8.46. The average molecular weight is 363 g/mol. The number of fused-ring (bicyclic) bond motifs is 3. The Morgan fingerprint density at radius 2 is 2.04 bits per heavy atom. The van der Waals surface area contributed by atoms with Gasteiger partial charge in [-0.05, 0) is 37.3 Å². The van der Waals surface area contributed by atoms with Gasteiger partial charge in [-0.15, -0.1) is 0 Å². The van der Waals surface area contributed by atoms with Crippen LogP contribution in [0.25, 0.3) is 10.9 Å². The van der Waals surface area contributed by atoms with Crippen molar-refractivity contribution in [2.45, 2.75) is 45.4 Å². The maximum absolute atomic E-state index is 12.7. The molecule has 1 aromatic heterocycles. The fourth-order valence-electron chi connectivity index (χ4n) is 3.50. The van der Waals surface area contributed by atoms with Gasteiger partial charge in [0, 0.05) is 16.8 Å². The molecule has 25 heavy (non-hydrogen) atoms. The molecule has 1 unspecified atom stereocenters. The molecule has 2 aromatic rings. The van der Waals surface area contributed by atoms with E-state index in [0.717, 1.165) is 42.1 Å². The molecule has 0 saturated heterocycles. The Bertz CT molecular complexity index is 853. The van der Waals surface area contributed by atoms with E-state index in [1.807, 2.05) is 31.2 Å². The molecule has 1 aliphatic rings. The Balaban J connectivity index is 1.59. The fourth-order valence-corrected chi connectivity index (χ4v) is 4.53. The van der Waals surface area contributed by atoms with E-state index >= 15 is 0 Å². The highest BCUT2D eigenvalue weighted by Crippen LogP contribution is 2.32. The first-order chi connectivity index (χ1) is 12.0. The Morgan fingerprint density at radius 3 is 2.84 bits per heavy atom. The first kappa shape index (κ1) is 18.1. The number of aromatic nitrogens is 1. The van der Waals surface area contributed by atoms with Gasteiger partial charge >= 0.3 is 0 Å². The molecule has 0 bridgehead atoms. The lowest BCUT2D eigenvalue weighted by molar-refractivity contribution is 0.0876. The first-order valence-corrected chi connectivity index (χ1v) is 10.6. The van der Waals surface area contributed by atoms with Crippen LogP contribution in [0.1, 0.15) is 55.1 Å². The van der Waals surface area contributed by atoms with Crippen LogP contribution in [0, 0.1) is 5.92 Å². The summed E-state index contributed by atoms with van der Waals surface area (Å²) in [4.78, 5) is 15.9. The molecular weight excluding hydrogens is 338 g/mol. The highest BCUT2D eigenvalue weighted by molar-refractivity contribution is 7.86. The molecule has 5 nitrogen and oxygen atoms in total. The summed E-state index contributed by atoms with van der Waals surface area (Å²) in [5.41, 5.74) is 2.75. The lowest BCUT2D eigenvalue weighted by Crippen LogP contribution is -2.24. The number of rotatable bonds is 8. The van der Waals surface area contributed by atoms with Crippen LogP contribution < -0.4 is 0 Å². The van der Waals surface area contributed by atoms with Gasteiger partial charge in [0.1, 0.15) is 0 Å². The lowest BCUT2D eigenvalue weighted by Gasteiger charge is -2.20. The molecule has 1 aliphatic carbocycles. The number of carbonyl (C=O) groups is 1. The number of unbranched alkanes of at least 4 members (excludes halogenated alkanes) is 2. The number of ketones is 1. The molecule has 0 saturated carbocycles. The molecular formula is C19H25NO4S. The highest BCUT2D eigenvalue weighted by Gasteiger charge is 2.30. The molecule has 0 fully saturated rings. The van der Waals surface area contributed by atoms with Crippen molar-refractivity contribution in [3.05, 3.63) is 35.5 Å². The van der Waals surface area contributed by atoms with E-state index in [4.69, 9.17) is 4.18 Å². The molecule has 1 N–H and O–H groups in total. The smallest absolute Gasteiger partial charge is 0.267 e. The zero-order chi connectivity index (χ0) is 17.9. The summed E-state index contributed by atoms with van der Waals surface area (Å²) in [6, 6.07) is 7.93. The van der Waals surface area contributed by atoms with E-state index in [9.17, 15) is 13.2 Å². The van der Waals surface area contributed by atoms with Crippen LogP contribution in [-0.2, 0) is 20.7 Å². The molecule has 3 rings (SSSR count). The molecule has 0 amide bonds. The summed E-state index contributed by atoms with van der Waals surface area (Å²) in [6.45, 7) is 2.11. The quantitative estimate of drug-likeness (QED) is 0.571. The van der Waals surface area contributed by atoms with Gasteiger partial charge in [0.15, 0.2) is 5.78 Å². The zero-order valence-electron chi connectivity index (χ0n) is 14.6. The Morgan fingerprint density at radius 1 is 1.24 bits per heavy atom. The van der Waals surface area contributed by atoms with Crippen molar-refractivity contribution in [3.63, 3.8) is 0 Å². The normalized spacial score (nSPS) is 17.8. The van der Waals surface area contributed by atoms with Crippen molar-refractivity contribution < 1.29 is 17.4 Å². The molecule has 1 heterocycles.